The van der Waals surface area contributed by atoms with Crippen molar-refractivity contribution in [3.63, 3.8) is 0 Å². The Morgan fingerprint density at radius 1 is 1.15 bits per heavy atom. The lowest BCUT2D eigenvalue weighted by Crippen LogP contribution is -2.42. The van der Waals surface area contributed by atoms with Crippen LogP contribution in [0.3, 0.4) is 0 Å². The van der Waals surface area contributed by atoms with Crippen molar-refractivity contribution in [2.24, 2.45) is 11.8 Å². The number of aliphatic hydroxyl groups excluding tert-OH is 1. The van der Waals surface area contributed by atoms with Gasteiger partial charge in [-0.3, -0.25) is 9.59 Å². The predicted octanol–water partition coefficient (Wildman–Crippen LogP) is 2.32. The molecule has 4 rings (SSSR count). The second-order valence-electron chi connectivity index (χ2n) is 7.31. The van der Waals surface area contributed by atoms with Crippen molar-refractivity contribution >= 4 is 17.5 Å². The Hall–Kier alpha value is -2.31. The fourth-order valence-corrected chi connectivity index (χ4v) is 4.32. The van der Waals surface area contributed by atoms with Gasteiger partial charge in [0.15, 0.2) is 0 Å². The molecule has 2 heterocycles. The van der Waals surface area contributed by atoms with Gasteiger partial charge in [0.2, 0.25) is 5.56 Å². The minimum atomic E-state index is -0.586. The lowest BCUT2D eigenvalue weighted by Gasteiger charge is -2.35. The standard InChI is InChI=1S/C20H21ClN2O4/c21-14-3-1-4-15(9-14)27-18-8-13-11-23(10-12(13)7-17(18)24)20(26)16-5-2-6-19(25)22-16/h1-6,9,12-13,17-18,24H,7-8,10-11H2,(H,22,25)/t12-,13+,17+,18+/m0/s1. The molecule has 1 saturated heterocycles. The van der Waals surface area contributed by atoms with Gasteiger partial charge in [0.05, 0.1) is 6.10 Å². The van der Waals surface area contributed by atoms with Crippen LogP contribution in [-0.2, 0) is 0 Å². The average molecular weight is 389 g/mol. The molecule has 0 radical (unpaired) electrons. The van der Waals surface area contributed by atoms with Crippen molar-refractivity contribution in [2.75, 3.05) is 13.1 Å². The molecule has 142 valence electrons. The molecular weight excluding hydrogens is 368 g/mol. The number of hydrogen-bond donors (Lipinski definition) is 2. The molecule has 2 aromatic rings. The number of likely N-dealkylation sites (tertiary alicyclic amines) is 1. The summed E-state index contributed by atoms with van der Waals surface area (Å²) in [6, 6.07) is 11.7. The van der Waals surface area contributed by atoms with E-state index in [4.69, 9.17) is 16.3 Å². The van der Waals surface area contributed by atoms with Crippen LogP contribution >= 0.6 is 11.6 Å². The van der Waals surface area contributed by atoms with Gasteiger partial charge in [0, 0.05) is 24.2 Å². The summed E-state index contributed by atoms with van der Waals surface area (Å²) in [5.74, 6) is 0.956. The van der Waals surface area contributed by atoms with Crippen LogP contribution in [0.25, 0.3) is 0 Å². The molecule has 7 heteroatoms. The zero-order chi connectivity index (χ0) is 19.0. The zero-order valence-electron chi connectivity index (χ0n) is 14.7. The topological polar surface area (TPSA) is 82.6 Å². The highest BCUT2D eigenvalue weighted by Gasteiger charge is 2.44. The molecule has 6 nitrogen and oxygen atoms in total. The number of aromatic nitrogens is 1. The number of carbonyl (C=O) groups excluding carboxylic acids is 1. The Labute approximate surface area is 161 Å². The van der Waals surface area contributed by atoms with Gasteiger partial charge in [0.25, 0.3) is 5.91 Å². The van der Waals surface area contributed by atoms with E-state index in [0.29, 0.717) is 42.4 Å². The van der Waals surface area contributed by atoms with Crippen LogP contribution < -0.4 is 10.3 Å². The molecule has 27 heavy (non-hydrogen) atoms. The van der Waals surface area contributed by atoms with Gasteiger partial charge in [-0.15, -0.1) is 0 Å². The number of aromatic amines is 1. The Morgan fingerprint density at radius 3 is 2.63 bits per heavy atom. The van der Waals surface area contributed by atoms with Gasteiger partial charge in [-0.1, -0.05) is 23.7 Å². The summed E-state index contributed by atoms with van der Waals surface area (Å²) in [7, 11) is 0. The SMILES string of the molecule is O=C(c1cccc(=O)[nH]1)N1C[C@H]2C[C@@H](Oc3cccc(Cl)c3)[C@H](O)C[C@H]2C1. The lowest BCUT2D eigenvalue weighted by molar-refractivity contribution is -0.0231. The maximum absolute atomic E-state index is 12.7. The van der Waals surface area contributed by atoms with E-state index in [9.17, 15) is 14.7 Å². The summed E-state index contributed by atoms with van der Waals surface area (Å²) in [5, 5.41) is 11.1. The van der Waals surface area contributed by atoms with Gasteiger partial charge in [-0.25, -0.2) is 0 Å². The number of aliphatic hydroxyl groups is 1. The summed E-state index contributed by atoms with van der Waals surface area (Å²) in [5.41, 5.74) is 0.0105. The minimum Gasteiger partial charge on any atom is -0.488 e. The first-order chi connectivity index (χ1) is 13.0. The fraction of sp³-hybridized carbons (Fsp3) is 0.400. The highest BCUT2D eigenvalue weighted by Crippen LogP contribution is 2.38. The van der Waals surface area contributed by atoms with E-state index in [2.05, 4.69) is 4.98 Å². The third kappa shape index (κ3) is 3.87. The van der Waals surface area contributed by atoms with Crippen LogP contribution in [0.5, 0.6) is 5.75 Å². The van der Waals surface area contributed by atoms with Crippen molar-refractivity contribution in [1.29, 1.82) is 0 Å². The molecule has 4 atom stereocenters. The minimum absolute atomic E-state index is 0.177. The van der Waals surface area contributed by atoms with Crippen LogP contribution in [0.15, 0.2) is 47.3 Å². The van der Waals surface area contributed by atoms with Crippen molar-refractivity contribution in [2.45, 2.75) is 25.0 Å². The number of amides is 1. The molecular formula is C20H21ClN2O4. The number of halogens is 1. The van der Waals surface area contributed by atoms with E-state index in [-0.39, 0.29) is 29.4 Å². The second kappa shape index (κ2) is 7.37. The number of ether oxygens (including phenoxy) is 1. The molecule has 2 fully saturated rings. The van der Waals surface area contributed by atoms with Crippen molar-refractivity contribution < 1.29 is 14.6 Å². The molecule has 1 aromatic carbocycles. The van der Waals surface area contributed by atoms with Gasteiger partial charge >= 0.3 is 0 Å². The van der Waals surface area contributed by atoms with Gasteiger partial charge in [-0.2, -0.15) is 0 Å². The first-order valence-electron chi connectivity index (χ1n) is 9.08. The largest absolute Gasteiger partial charge is 0.488 e. The predicted molar refractivity (Wildman–Crippen MR) is 101 cm³/mol. The Bertz CT molecular complexity index is 899. The monoisotopic (exact) mass is 388 g/mol. The summed E-state index contributed by atoms with van der Waals surface area (Å²) in [6.07, 6.45) is 0.353. The molecule has 1 saturated carbocycles. The second-order valence-corrected chi connectivity index (χ2v) is 7.75. The number of H-pyrrole nitrogens is 1. The van der Waals surface area contributed by atoms with Crippen LogP contribution in [0.4, 0.5) is 0 Å². The van der Waals surface area contributed by atoms with Gasteiger partial charge in [-0.05, 0) is 48.9 Å². The van der Waals surface area contributed by atoms with E-state index in [0.717, 1.165) is 0 Å². The van der Waals surface area contributed by atoms with E-state index in [1.54, 1.807) is 29.2 Å². The smallest absolute Gasteiger partial charge is 0.270 e. The van der Waals surface area contributed by atoms with Crippen molar-refractivity contribution in [3.05, 3.63) is 63.5 Å². The Kier molecular flexibility index (Phi) is 4.93. The normalized spacial score (nSPS) is 27.3. The number of rotatable bonds is 3. The lowest BCUT2D eigenvalue weighted by atomic mass is 9.78. The first kappa shape index (κ1) is 18.1. The molecule has 0 bridgehead atoms. The molecule has 1 aliphatic carbocycles. The summed E-state index contributed by atoms with van der Waals surface area (Å²) >= 11 is 6.00. The van der Waals surface area contributed by atoms with E-state index >= 15 is 0 Å². The third-order valence-electron chi connectivity index (χ3n) is 5.45. The highest BCUT2D eigenvalue weighted by molar-refractivity contribution is 6.30. The maximum Gasteiger partial charge on any atom is 0.270 e. The molecule has 1 aromatic heterocycles. The molecule has 0 unspecified atom stereocenters. The number of nitrogens with zero attached hydrogens (tertiary/aromatic N) is 1. The molecule has 0 spiro atoms. The number of nitrogens with one attached hydrogen (secondary N) is 1. The molecule has 1 amide bonds. The quantitative estimate of drug-likeness (QED) is 0.845. The zero-order valence-corrected chi connectivity index (χ0v) is 15.4. The average Bonchev–Trinajstić information content (AvgIpc) is 3.04. The van der Waals surface area contributed by atoms with Crippen LogP contribution in [0.2, 0.25) is 5.02 Å². The van der Waals surface area contributed by atoms with E-state index < -0.39 is 6.10 Å². The summed E-state index contributed by atoms with van der Waals surface area (Å²) in [4.78, 5) is 28.5. The van der Waals surface area contributed by atoms with E-state index in [1.807, 2.05) is 12.1 Å². The van der Waals surface area contributed by atoms with E-state index in [1.165, 1.54) is 6.07 Å². The highest BCUT2D eigenvalue weighted by atomic mass is 35.5. The third-order valence-corrected chi connectivity index (χ3v) is 5.69. The number of carbonyl (C=O) groups is 1. The Balaban J connectivity index is 1.44. The summed E-state index contributed by atoms with van der Waals surface area (Å²) in [6.45, 7) is 1.18. The van der Waals surface area contributed by atoms with Crippen LogP contribution in [0.1, 0.15) is 23.3 Å². The van der Waals surface area contributed by atoms with Crippen molar-refractivity contribution in [1.82, 2.24) is 9.88 Å². The number of benzene rings is 1. The van der Waals surface area contributed by atoms with Gasteiger partial charge < -0.3 is 19.7 Å². The number of hydrogen-bond acceptors (Lipinski definition) is 4. The Morgan fingerprint density at radius 2 is 1.89 bits per heavy atom. The van der Waals surface area contributed by atoms with Crippen LogP contribution in [0, 0.1) is 11.8 Å². The number of pyridine rings is 1. The molecule has 2 N–H and O–H groups in total. The fourth-order valence-electron chi connectivity index (χ4n) is 4.14. The molecule has 1 aliphatic heterocycles. The number of fused-ring (bicyclic) bond motifs is 1. The van der Waals surface area contributed by atoms with Crippen molar-refractivity contribution in [3.8, 4) is 5.75 Å². The van der Waals surface area contributed by atoms with Gasteiger partial charge in [0.1, 0.15) is 17.5 Å². The molecule has 2 aliphatic rings. The maximum atomic E-state index is 12.7. The van der Waals surface area contributed by atoms with Crippen LogP contribution in [-0.4, -0.2) is 46.2 Å². The first-order valence-corrected chi connectivity index (χ1v) is 9.46. The summed E-state index contributed by atoms with van der Waals surface area (Å²) < 4.78 is 5.97.